The van der Waals surface area contributed by atoms with Gasteiger partial charge in [-0.15, -0.1) is 10.2 Å². The van der Waals surface area contributed by atoms with E-state index < -0.39 is 10.0 Å². The molecule has 13 heavy (non-hydrogen) atoms. The van der Waals surface area contributed by atoms with E-state index in [0.29, 0.717) is 0 Å². The summed E-state index contributed by atoms with van der Waals surface area (Å²) in [5.74, 6) is 0. The van der Waals surface area contributed by atoms with Gasteiger partial charge in [-0.3, -0.25) is 4.84 Å². The third kappa shape index (κ3) is 2.02. The topological polar surface area (TPSA) is 72.4 Å². The molecule has 0 aliphatic rings. The lowest BCUT2D eigenvalue weighted by molar-refractivity contribution is -0.0443. The van der Waals surface area contributed by atoms with Gasteiger partial charge in [0.2, 0.25) is 4.34 Å². The van der Waals surface area contributed by atoms with Crippen LogP contribution in [-0.4, -0.2) is 36.7 Å². The van der Waals surface area contributed by atoms with Gasteiger partial charge in [-0.25, -0.2) is 8.42 Å². The van der Waals surface area contributed by atoms with Crippen LogP contribution < -0.4 is 0 Å². The molecule has 0 radical (unpaired) electrons. The van der Waals surface area contributed by atoms with Gasteiger partial charge in [0.25, 0.3) is 10.0 Å². The van der Waals surface area contributed by atoms with Crippen molar-refractivity contribution in [1.82, 2.24) is 14.7 Å². The Morgan fingerprint density at radius 3 is 2.77 bits per heavy atom. The van der Waals surface area contributed by atoms with Crippen molar-refractivity contribution in [3.8, 4) is 0 Å². The van der Waals surface area contributed by atoms with Crippen LogP contribution in [0.3, 0.4) is 0 Å². The highest BCUT2D eigenvalue weighted by atomic mass is 32.2. The maximum absolute atomic E-state index is 11.6. The summed E-state index contributed by atoms with van der Waals surface area (Å²) in [5, 5.41) is 6.91. The first-order valence-electron chi connectivity index (χ1n) is 3.46. The maximum atomic E-state index is 11.6. The van der Waals surface area contributed by atoms with Crippen molar-refractivity contribution in [3.05, 3.63) is 5.51 Å². The molecular weight excluding hydrogens is 214 g/mol. The average Bonchev–Trinajstić information content (AvgIpc) is 2.58. The fourth-order valence-corrected chi connectivity index (χ4v) is 2.76. The molecule has 0 aliphatic carbocycles. The molecular formula is C5H9N3O3S2. The predicted molar refractivity (Wildman–Crippen MR) is 46.5 cm³/mol. The first kappa shape index (κ1) is 10.5. The molecule has 0 unspecified atom stereocenters. The zero-order valence-corrected chi connectivity index (χ0v) is 8.80. The van der Waals surface area contributed by atoms with Crippen LogP contribution in [0.5, 0.6) is 0 Å². The normalized spacial score (nSPS) is 12.2. The van der Waals surface area contributed by atoms with E-state index in [1.165, 1.54) is 12.6 Å². The van der Waals surface area contributed by atoms with Crippen molar-refractivity contribution < 1.29 is 13.3 Å². The maximum Gasteiger partial charge on any atom is 0.294 e. The lowest BCUT2D eigenvalue weighted by Gasteiger charge is -2.14. The quantitative estimate of drug-likeness (QED) is 0.677. The first-order chi connectivity index (χ1) is 6.12. The number of hydrogen-bond donors (Lipinski definition) is 0. The summed E-state index contributed by atoms with van der Waals surface area (Å²) in [6, 6.07) is 0. The Hall–Kier alpha value is -0.570. The smallest absolute Gasteiger partial charge is 0.287 e. The molecule has 0 aliphatic heterocycles. The molecule has 0 N–H and O–H groups in total. The molecule has 74 valence electrons. The Morgan fingerprint density at radius 2 is 2.38 bits per heavy atom. The number of rotatable bonds is 4. The lowest BCUT2D eigenvalue weighted by Crippen LogP contribution is -2.29. The molecule has 0 aromatic carbocycles. The number of hydroxylamine groups is 1. The van der Waals surface area contributed by atoms with Crippen molar-refractivity contribution in [2.75, 3.05) is 13.7 Å². The van der Waals surface area contributed by atoms with Crippen LogP contribution in [0.15, 0.2) is 9.85 Å². The third-order valence-corrected chi connectivity index (χ3v) is 4.16. The highest BCUT2D eigenvalue weighted by Crippen LogP contribution is 2.15. The fraction of sp³-hybridized carbons (Fsp3) is 0.600. The minimum absolute atomic E-state index is 0.0591. The van der Waals surface area contributed by atoms with Gasteiger partial charge in [-0.05, 0) is 6.92 Å². The molecule has 8 heteroatoms. The van der Waals surface area contributed by atoms with Crippen LogP contribution in [-0.2, 0) is 14.9 Å². The molecule has 0 saturated carbocycles. The van der Waals surface area contributed by atoms with E-state index in [1.54, 1.807) is 6.92 Å². The summed E-state index contributed by atoms with van der Waals surface area (Å²) >= 11 is 0.957. The van der Waals surface area contributed by atoms with Crippen LogP contribution >= 0.6 is 11.3 Å². The molecule has 0 saturated heterocycles. The number of nitrogens with zero attached hydrogens (tertiary/aromatic N) is 3. The monoisotopic (exact) mass is 223 g/mol. The molecule has 6 nitrogen and oxygen atoms in total. The second-order valence-electron chi connectivity index (χ2n) is 2.01. The molecule has 0 atom stereocenters. The van der Waals surface area contributed by atoms with Crippen LogP contribution in [0, 0.1) is 0 Å². The molecule has 1 heterocycles. The molecule has 1 rings (SSSR count). The predicted octanol–water partition coefficient (Wildman–Crippen LogP) is 0.110. The molecule has 0 bridgehead atoms. The van der Waals surface area contributed by atoms with E-state index in [1.807, 2.05) is 0 Å². The second kappa shape index (κ2) is 4.09. The molecule has 0 amide bonds. The summed E-state index contributed by atoms with van der Waals surface area (Å²) in [6.45, 7) is 1.90. The number of sulfonamides is 1. The van der Waals surface area contributed by atoms with E-state index in [-0.39, 0.29) is 10.9 Å². The zero-order valence-electron chi connectivity index (χ0n) is 7.17. The van der Waals surface area contributed by atoms with Gasteiger partial charge in [-0.2, -0.15) is 0 Å². The Kier molecular flexibility index (Phi) is 3.31. The number of aromatic nitrogens is 2. The zero-order chi connectivity index (χ0) is 9.90. The van der Waals surface area contributed by atoms with Gasteiger partial charge in [0.1, 0.15) is 5.51 Å². The van der Waals surface area contributed by atoms with Crippen LogP contribution in [0.25, 0.3) is 0 Å². The Balaban J connectivity index is 3.02. The van der Waals surface area contributed by atoms with Gasteiger partial charge in [0.15, 0.2) is 0 Å². The van der Waals surface area contributed by atoms with Gasteiger partial charge < -0.3 is 0 Å². The molecule has 1 aromatic heterocycles. The van der Waals surface area contributed by atoms with E-state index in [2.05, 4.69) is 15.0 Å². The highest BCUT2D eigenvalue weighted by molar-refractivity contribution is 7.90. The summed E-state index contributed by atoms with van der Waals surface area (Å²) in [4.78, 5) is 4.67. The van der Waals surface area contributed by atoms with Crippen molar-refractivity contribution in [3.63, 3.8) is 0 Å². The standard InChI is InChI=1S/C5H9N3O3S2/c1-3-8(11-2)13(9,10)5-7-6-4-12-5/h4H,3H2,1-2H3. The largest absolute Gasteiger partial charge is 0.294 e. The fourth-order valence-electron chi connectivity index (χ4n) is 0.760. The van der Waals surface area contributed by atoms with E-state index >= 15 is 0 Å². The SMILES string of the molecule is CCN(OC)S(=O)(=O)c1nncs1. The lowest BCUT2D eigenvalue weighted by atomic mass is 10.8. The first-order valence-corrected chi connectivity index (χ1v) is 5.78. The summed E-state index contributed by atoms with van der Waals surface area (Å²) in [5.41, 5.74) is 1.36. The minimum Gasteiger partial charge on any atom is -0.287 e. The number of hydrogen-bond acceptors (Lipinski definition) is 6. The van der Waals surface area contributed by atoms with Crippen molar-refractivity contribution in [2.45, 2.75) is 11.3 Å². The van der Waals surface area contributed by atoms with E-state index in [9.17, 15) is 8.42 Å². The van der Waals surface area contributed by atoms with Crippen LogP contribution in [0.1, 0.15) is 6.92 Å². The Labute approximate surface area is 80.2 Å². The summed E-state index contributed by atoms with van der Waals surface area (Å²) in [6.07, 6.45) is 0. The Bertz CT molecular complexity index is 343. The van der Waals surface area contributed by atoms with Crippen LogP contribution in [0.2, 0.25) is 0 Å². The van der Waals surface area contributed by atoms with Crippen LogP contribution in [0.4, 0.5) is 0 Å². The average molecular weight is 223 g/mol. The van der Waals surface area contributed by atoms with Crippen molar-refractivity contribution in [2.24, 2.45) is 0 Å². The Morgan fingerprint density at radius 1 is 1.69 bits per heavy atom. The van der Waals surface area contributed by atoms with Gasteiger partial charge >= 0.3 is 0 Å². The summed E-state index contributed by atoms with van der Waals surface area (Å²) in [7, 11) is -2.31. The second-order valence-corrected chi connectivity index (χ2v) is 4.85. The van der Waals surface area contributed by atoms with Crippen molar-refractivity contribution >= 4 is 21.4 Å². The minimum atomic E-state index is -3.60. The molecule has 1 aromatic rings. The van der Waals surface area contributed by atoms with Crippen molar-refractivity contribution in [1.29, 1.82) is 0 Å². The van der Waals surface area contributed by atoms with E-state index in [4.69, 9.17) is 0 Å². The molecule has 0 fully saturated rings. The highest BCUT2D eigenvalue weighted by Gasteiger charge is 2.26. The summed E-state index contributed by atoms with van der Waals surface area (Å²) < 4.78 is 23.9. The van der Waals surface area contributed by atoms with Gasteiger partial charge in [-0.1, -0.05) is 15.8 Å². The molecule has 0 spiro atoms. The third-order valence-electron chi connectivity index (χ3n) is 1.29. The van der Waals surface area contributed by atoms with Gasteiger partial charge in [0.05, 0.1) is 7.11 Å². The van der Waals surface area contributed by atoms with Gasteiger partial charge in [0, 0.05) is 6.54 Å². The van der Waals surface area contributed by atoms with E-state index in [0.717, 1.165) is 15.8 Å².